The number of rotatable bonds is 3. The summed E-state index contributed by atoms with van der Waals surface area (Å²) >= 11 is 0. The number of H-pyrrole nitrogens is 1. The summed E-state index contributed by atoms with van der Waals surface area (Å²) < 4.78 is 25.3. The van der Waals surface area contributed by atoms with Gasteiger partial charge in [0.15, 0.2) is 5.69 Å². The lowest BCUT2D eigenvalue weighted by atomic mass is 10.1. The number of sulfonamides is 1. The molecule has 1 aromatic carbocycles. The molecule has 0 spiro atoms. The van der Waals surface area contributed by atoms with Crippen LogP contribution in [0.25, 0.3) is 10.9 Å². The molecule has 0 radical (unpaired) electrons. The quantitative estimate of drug-likeness (QED) is 0.870. The zero-order valence-electron chi connectivity index (χ0n) is 12.2. The molecule has 22 heavy (non-hydrogen) atoms. The van der Waals surface area contributed by atoms with E-state index in [2.05, 4.69) is 14.9 Å². The van der Waals surface area contributed by atoms with E-state index < -0.39 is 10.0 Å². The van der Waals surface area contributed by atoms with E-state index in [1.807, 2.05) is 24.3 Å². The summed E-state index contributed by atoms with van der Waals surface area (Å²) in [6, 6.07) is 7.21. The first-order chi connectivity index (χ1) is 10.4. The second-order valence-electron chi connectivity index (χ2n) is 5.60. The van der Waals surface area contributed by atoms with E-state index in [9.17, 15) is 13.2 Å². The number of nitrogens with one attached hydrogen (secondary N) is 2. The minimum absolute atomic E-state index is 0.169. The van der Waals surface area contributed by atoms with Crippen LogP contribution in [0.2, 0.25) is 0 Å². The maximum Gasteiger partial charge on any atom is 0.275 e. The molecular weight excluding hydrogens is 304 g/mol. The highest BCUT2D eigenvalue weighted by atomic mass is 32.2. The lowest BCUT2D eigenvalue weighted by Crippen LogP contribution is -2.49. The fraction of sp³-hybridized carbons (Fsp3) is 0.429. The van der Waals surface area contributed by atoms with E-state index in [4.69, 9.17) is 0 Å². The van der Waals surface area contributed by atoms with Crippen molar-refractivity contribution in [2.24, 2.45) is 0 Å². The van der Waals surface area contributed by atoms with Crippen LogP contribution in [0.4, 0.5) is 0 Å². The zero-order chi connectivity index (χ0) is 15.7. The van der Waals surface area contributed by atoms with Crippen LogP contribution in [0.3, 0.4) is 0 Å². The molecule has 2 heterocycles. The standard InChI is InChI=1S/C14H18N4O3S/c1-22(20,21)17-10-5-4-8-18(9-10)14(19)13-11-6-2-3-7-12(11)15-16-13/h2-3,6-7,10,17H,4-5,8-9H2,1H3,(H,15,16). The molecular formula is C14H18N4O3S. The fourth-order valence-corrected chi connectivity index (χ4v) is 3.63. The van der Waals surface area contributed by atoms with E-state index >= 15 is 0 Å². The lowest BCUT2D eigenvalue weighted by Gasteiger charge is -2.32. The van der Waals surface area contributed by atoms with Crippen LogP contribution in [-0.2, 0) is 10.0 Å². The van der Waals surface area contributed by atoms with Crippen molar-refractivity contribution < 1.29 is 13.2 Å². The first-order valence-corrected chi connectivity index (χ1v) is 9.03. The third-order valence-corrected chi connectivity index (χ3v) is 4.52. The van der Waals surface area contributed by atoms with Crippen LogP contribution in [-0.4, -0.2) is 54.8 Å². The average molecular weight is 322 g/mol. The van der Waals surface area contributed by atoms with Gasteiger partial charge < -0.3 is 4.90 Å². The van der Waals surface area contributed by atoms with E-state index in [0.29, 0.717) is 18.8 Å². The van der Waals surface area contributed by atoms with Crippen molar-refractivity contribution >= 4 is 26.8 Å². The van der Waals surface area contributed by atoms with Crippen LogP contribution in [0.15, 0.2) is 24.3 Å². The summed E-state index contributed by atoms with van der Waals surface area (Å²) in [4.78, 5) is 14.3. The number of amides is 1. The highest BCUT2D eigenvalue weighted by Gasteiger charge is 2.28. The molecule has 1 amide bonds. The number of hydrogen-bond acceptors (Lipinski definition) is 4. The number of para-hydroxylation sites is 1. The second-order valence-corrected chi connectivity index (χ2v) is 7.38. The average Bonchev–Trinajstić information content (AvgIpc) is 2.89. The minimum atomic E-state index is -3.27. The van der Waals surface area contributed by atoms with Gasteiger partial charge in [0.1, 0.15) is 0 Å². The number of aromatic amines is 1. The Bertz CT molecular complexity index is 799. The summed E-state index contributed by atoms with van der Waals surface area (Å²) in [5, 5.41) is 7.75. The van der Waals surface area contributed by atoms with Gasteiger partial charge in [-0.05, 0) is 18.9 Å². The molecule has 2 aromatic rings. The van der Waals surface area contributed by atoms with E-state index in [1.165, 1.54) is 0 Å². The van der Waals surface area contributed by atoms with Crippen LogP contribution in [0, 0.1) is 0 Å². The Morgan fingerprint density at radius 3 is 2.95 bits per heavy atom. The van der Waals surface area contributed by atoms with Gasteiger partial charge in [-0.2, -0.15) is 5.10 Å². The predicted molar refractivity (Wildman–Crippen MR) is 83.0 cm³/mol. The van der Waals surface area contributed by atoms with Crippen molar-refractivity contribution in [3.63, 3.8) is 0 Å². The van der Waals surface area contributed by atoms with Gasteiger partial charge in [-0.3, -0.25) is 9.89 Å². The van der Waals surface area contributed by atoms with E-state index in [0.717, 1.165) is 30.0 Å². The second kappa shape index (κ2) is 5.69. The topological polar surface area (TPSA) is 95.2 Å². The maximum absolute atomic E-state index is 12.7. The highest BCUT2D eigenvalue weighted by Crippen LogP contribution is 2.19. The van der Waals surface area contributed by atoms with Gasteiger partial charge >= 0.3 is 0 Å². The third-order valence-electron chi connectivity index (χ3n) is 3.76. The molecule has 0 saturated carbocycles. The zero-order valence-corrected chi connectivity index (χ0v) is 13.1. The van der Waals surface area contributed by atoms with Crippen molar-refractivity contribution in [1.82, 2.24) is 19.8 Å². The summed E-state index contributed by atoms with van der Waals surface area (Å²) in [6.45, 7) is 0.981. The molecule has 1 fully saturated rings. The Hall–Kier alpha value is -1.93. The SMILES string of the molecule is CS(=O)(=O)NC1CCCN(C(=O)c2n[nH]c3ccccc23)C1. The molecule has 3 rings (SSSR count). The number of fused-ring (bicyclic) bond motifs is 1. The van der Waals surface area contributed by atoms with Crippen molar-refractivity contribution in [3.8, 4) is 0 Å². The van der Waals surface area contributed by atoms with Crippen LogP contribution >= 0.6 is 0 Å². The minimum Gasteiger partial charge on any atom is -0.336 e. The number of piperidine rings is 1. The first kappa shape index (κ1) is 15.0. The monoisotopic (exact) mass is 322 g/mol. The predicted octanol–water partition coefficient (Wildman–Crippen LogP) is 0.717. The Labute approximate surface area is 128 Å². The van der Waals surface area contributed by atoms with Gasteiger partial charge in [-0.15, -0.1) is 0 Å². The molecule has 1 aromatic heterocycles. The number of nitrogens with zero attached hydrogens (tertiary/aromatic N) is 2. The summed E-state index contributed by atoms with van der Waals surface area (Å²) in [6.07, 6.45) is 2.63. The molecule has 8 heteroatoms. The van der Waals surface area contributed by atoms with Gasteiger partial charge in [-0.1, -0.05) is 18.2 Å². The van der Waals surface area contributed by atoms with Crippen molar-refractivity contribution in [3.05, 3.63) is 30.0 Å². The number of carbonyl (C=O) groups excluding carboxylic acids is 1. The van der Waals surface area contributed by atoms with Crippen LogP contribution in [0.1, 0.15) is 23.3 Å². The molecule has 7 nitrogen and oxygen atoms in total. The van der Waals surface area contributed by atoms with Gasteiger partial charge in [0, 0.05) is 24.5 Å². The Kier molecular flexibility index (Phi) is 3.88. The number of aromatic nitrogens is 2. The highest BCUT2D eigenvalue weighted by molar-refractivity contribution is 7.88. The summed E-state index contributed by atoms with van der Waals surface area (Å²) in [5.74, 6) is -0.169. The normalized spacial score (nSPS) is 19.5. The van der Waals surface area contributed by atoms with Crippen molar-refractivity contribution in [2.75, 3.05) is 19.3 Å². The molecule has 118 valence electrons. The summed E-state index contributed by atoms with van der Waals surface area (Å²) in [7, 11) is -3.27. The van der Waals surface area contributed by atoms with Crippen molar-refractivity contribution in [2.45, 2.75) is 18.9 Å². The number of hydrogen-bond donors (Lipinski definition) is 2. The van der Waals surface area contributed by atoms with Crippen LogP contribution in [0.5, 0.6) is 0 Å². The number of benzene rings is 1. The lowest BCUT2D eigenvalue weighted by molar-refractivity contribution is 0.0699. The van der Waals surface area contributed by atoms with Crippen molar-refractivity contribution in [1.29, 1.82) is 0 Å². The smallest absolute Gasteiger partial charge is 0.275 e. The van der Waals surface area contributed by atoms with Gasteiger partial charge in [0.25, 0.3) is 5.91 Å². The summed E-state index contributed by atoms with van der Waals surface area (Å²) in [5.41, 5.74) is 1.20. The van der Waals surface area contributed by atoms with E-state index in [1.54, 1.807) is 4.90 Å². The third kappa shape index (κ3) is 3.12. The Morgan fingerprint density at radius 2 is 2.18 bits per heavy atom. The molecule has 2 N–H and O–H groups in total. The Balaban J connectivity index is 1.80. The molecule has 1 aliphatic heterocycles. The van der Waals surface area contributed by atoms with Crippen LogP contribution < -0.4 is 4.72 Å². The molecule has 0 bridgehead atoms. The Morgan fingerprint density at radius 1 is 1.41 bits per heavy atom. The molecule has 1 atom stereocenters. The number of carbonyl (C=O) groups is 1. The fourth-order valence-electron chi connectivity index (χ4n) is 2.84. The van der Waals surface area contributed by atoms with Gasteiger partial charge in [0.05, 0.1) is 11.8 Å². The van der Waals surface area contributed by atoms with Gasteiger partial charge in [-0.25, -0.2) is 13.1 Å². The number of likely N-dealkylation sites (tertiary alicyclic amines) is 1. The van der Waals surface area contributed by atoms with Gasteiger partial charge in [0.2, 0.25) is 10.0 Å². The first-order valence-electron chi connectivity index (χ1n) is 7.14. The molecule has 0 aliphatic carbocycles. The molecule has 1 unspecified atom stereocenters. The largest absolute Gasteiger partial charge is 0.336 e. The van der Waals surface area contributed by atoms with E-state index in [-0.39, 0.29) is 11.9 Å². The molecule has 1 aliphatic rings. The maximum atomic E-state index is 12.7. The molecule has 1 saturated heterocycles.